The van der Waals surface area contributed by atoms with Gasteiger partial charge in [0.1, 0.15) is 13.0 Å². The van der Waals surface area contributed by atoms with E-state index in [-0.39, 0.29) is 0 Å². The molecule has 0 aromatic rings. The molecule has 0 bridgehead atoms. The fraction of sp³-hybridized carbons (Fsp3) is 0.667. The summed E-state index contributed by atoms with van der Waals surface area (Å²) in [6, 6.07) is 0. The van der Waals surface area contributed by atoms with Crippen molar-refractivity contribution in [3.63, 3.8) is 0 Å². The van der Waals surface area contributed by atoms with Gasteiger partial charge >= 0.3 is 0 Å². The van der Waals surface area contributed by atoms with Crippen molar-refractivity contribution >= 4 is 0 Å². The average Bonchev–Trinajstić information content (AvgIpc) is 2.49. The normalized spacial score (nSPS) is 20.6. The molecule has 2 rings (SSSR count). The van der Waals surface area contributed by atoms with Gasteiger partial charge in [0.15, 0.2) is 6.73 Å². The molecular formula is C6H11NO3. The van der Waals surface area contributed by atoms with E-state index in [1.807, 2.05) is 0 Å². The molecule has 0 saturated carbocycles. The van der Waals surface area contributed by atoms with Gasteiger partial charge in [0.25, 0.3) is 0 Å². The van der Waals surface area contributed by atoms with Crippen LogP contribution in [-0.2, 0) is 9.47 Å². The van der Waals surface area contributed by atoms with E-state index in [9.17, 15) is 0 Å². The summed E-state index contributed by atoms with van der Waals surface area (Å²) < 4.78 is 10.1. The Bertz CT molecular complexity index is 135. The maximum atomic E-state index is 7.00. The molecule has 0 aromatic heterocycles. The number of aliphatic hydroxyl groups is 1. The fourth-order valence-corrected chi connectivity index (χ4v) is 0.887. The minimum absolute atomic E-state index is 0.676. The highest BCUT2D eigenvalue weighted by Gasteiger charge is 2.21. The quantitative estimate of drug-likeness (QED) is 0.508. The number of hydrogen-bond acceptors (Lipinski definition) is 4. The van der Waals surface area contributed by atoms with Gasteiger partial charge in [0.2, 0.25) is 0 Å². The van der Waals surface area contributed by atoms with Crippen molar-refractivity contribution in [2.45, 2.75) is 0 Å². The molecule has 10 heavy (non-hydrogen) atoms. The Morgan fingerprint density at radius 3 is 3.00 bits per heavy atom. The second kappa shape index (κ2) is 3.43. The Kier molecular flexibility index (Phi) is 2.53. The highest BCUT2D eigenvalue weighted by atomic mass is 16.5. The predicted molar refractivity (Wildman–Crippen MR) is 34.8 cm³/mol. The zero-order valence-electron chi connectivity index (χ0n) is 5.91. The molecular weight excluding hydrogens is 134 g/mol. The maximum Gasteiger partial charge on any atom is 0.162 e. The number of ether oxygens (including phenoxy) is 2. The fourth-order valence-electron chi connectivity index (χ4n) is 0.887. The molecule has 1 saturated heterocycles. The smallest absolute Gasteiger partial charge is 0.162 e. The van der Waals surface area contributed by atoms with Gasteiger partial charge in [-0.3, -0.25) is 0 Å². The Hall–Kier alpha value is -0.740. The lowest BCUT2D eigenvalue weighted by atomic mass is 10.5. The molecule has 1 fully saturated rings. The first-order valence-electron chi connectivity index (χ1n) is 3.05. The molecule has 1 N–H and O–H groups in total. The van der Waals surface area contributed by atoms with Crippen LogP contribution in [0.25, 0.3) is 0 Å². The first-order chi connectivity index (χ1) is 4.97. The predicted octanol–water partition coefficient (Wildman–Crippen LogP) is -0.286. The van der Waals surface area contributed by atoms with Crippen molar-refractivity contribution in [1.82, 2.24) is 4.90 Å². The van der Waals surface area contributed by atoms with Crippen molar-refractivity contribution < 1.29 is 14.6 Å². The van der Waals surface area contributed by atoms with Crippen molar-refractivity contribution in [2.24, 2.45) is 0 Å². The lowest BCUT2D eigenvalue weighted by molar-refractivity contribution is 0.0863. The van der Waals surface area contributed by atoms with Crippen LogP contribution in [0.2, 0.25) is 0 Å². The van der Waals surface area contributed by atoms with E-state index in [0.29, 0.717) is 13.5 Å². The zero-order valence-corrected chi connectivity index (χ0v) is 5.91. The molecule has 0 unspecified atom stereocenters. The molecule has 0 amide bonds. The van der Waals surface area contributed by atoms with Crippen molar-refractivity contribution in [3.05, 3.63) is 12.0 Å². The van der Waals surface area contributed by atoms with Crippen LogP contribution >= 0.6 is 0 Å². The number of fused-ring (bicyclic) bond motifs is 1. The highest BCUT2D eigenvalue weighted by molar-refractivity contribution is 5.03. The lowest BCUT2D eigenvalue weighted by Gasteiger charge is -2.05. The standard InChI is InChI=1S/C5H7NO2.CH4O/c1-5-2-8-4-6(5)3-7-1;1-2/h1H,2-4H2;2H,1H3. The molecule has 2 aliphatic rings. The van der Waals surface area contributed by atoms with Crippen LogP contribution in [0.5, 0.6) is 0 Å². The van der Waals surface area contributed by atoms with E-state index in [2.05, 4.69) is 4.90 Å². The van der Waals surface area contributed by atoms with Crippen LogP contribution in [0.3, 0.4) is 0 Å². The van der Waals surface area contributed by atoms with Gasteiger partial charge in [-0.25, -0.2) is 0 Å². The van der Waals surface area contributed by atoms with Gasteiger partial charge in [0, 0.05) is 7.11 Å². The molecule has 0 aromatic carbocycles. The third kappa shape index (κ3) is 1.22. The van der Waals surface area contributed by atoms with E-state index in [4.69, 9.17) is 14.6 Å². The van der Waals surface area contributed by atoms with Gasteiger partial charge < -0.3 is 19.5 Å². The van der Waals surface area contributed by atoms with Crippen LogP contribution in [0.4, 0.5) is 0 Å². The SMILES string of the molecule is C1=C2COCN2CO1.CO. The van der Waals surface area contributed by atoms with Gasteiger partial charge in [-0.15, -0.1) is 0 Å². The largest absolute Gasteiger partial charge is 0.479 e. The lowest BCUT2D eigenvalue weighted by Crippen LogP contribution is -2.14. The first kappa shape index (κ1) is 7.37. The summed E-state index contributed by atoms with van der Waals surface area (Å²) >= 11 is 0. The Balaban J connectivity index is 0.000000231. The van der Waals surface area contributed by atoms with Crippen molar-refractivity contribution in [3.8, 4) is 0 Å². The molecule has 2 heterocycles. The monoisotopic (exact) mass is 145 g/mol. The van der Waals surface area contributed by atoms with Crippen LogP contribution in [-0.4, -0.2) is 37.2 Å². The summed E-state index contributed by atoms with van der Waals surface area (Å²) in [5.41, 5.74) is 1.17. The average molecular weight is 145 g/mol. The third-order valence-electron chi connectivity index (χ3n) is 1.35. The summed E-state index contributed by atoms with van der Waals surface area (Å²) in [6.45, 7) is 2.10. The van der Waals surface area contributed by atoms with E-state index in [1.165, 1.54) is 5.70 Å². The molecule has 0 radical (unpaired) electrons. The topological polar surface area (TPSA) is 41.9 Å². The third-order valence-corrected chi connectivity index (χ3v) is 1.35. The summed E-state index contributed by atoms with van der Waals surface area (Å²) in [5, 5.41) is 7.00. The molecule has 4 heteroatoms. The molecule has 0 spiro atoms. The maximum absolute atomic E-state index is 7.00. The van der Waals surface area contributed by atoms with Crippen LogP contribution in [0, 0.1) is 0 Å². The highest BCUT2D eigenvalue weighted by Crippen LogP contribution is 2.17. The Morgan fingerprint density at radius 1 is 1.50 bits per heavy atom. The van der Waals surface area contributed by atoms with Gasteiger partial charge in [0.05, 0.1) is 12.3 Å². The summed E-state index contributed by atoms with van der Waals surface area (Å²) in [6.07, 6.45) is 1.76. The number of aliphatic hydroxyl groups excluding tert-OH is 1. The van der Waals surface area contributed by atoms with Crippen LogP contribution < -0.4 is 0 Å². The van der Waals surface area contributed by atoms with Crippen LogP contribution in [0.1, 0.15) is 0 Å². The molecule has 0 atom stereocenters. The van der Waals surface area contributed by atoms with E-state index in [1.54, 1.807) is 6.26 Å². The molecule has 2 aliphatic heterocycles. The number of hydrogen-bond donors (Lipinski definition) is 1. The number of rotatable bonds is 0. The minimum atomic E-state index is 0.676. The second-order valence-corrected chi connectivity index (χ2v) is 1.92. The van der Waals surface area contributed by atoms with Crippen molar-refractivity contribution in [2.75, 3.05) is 27.2 Å². The Morgan fingerprint density at radius 2 is 2.30 bits per heavy atom. The second-order valence-electron chi connectivity index (χ2n) is 1.92. The van der Waals surface area contributed by atoms with E-state index >= 15 is 0 Å². The van der Waals surface area contributed by atoms with Crippen LogP contribution in [0.15, 0.2) is 12.0 Å². The first-order valence-corrected chi connectivity index (χ1v) is 3.05. The number of nitrogens with zero attached hydrogens (tertiary/aromatic N) is 1. The van der Waals surface area contributed by atoms with Gasteiger partial charge in [-0.2, -0.15) is 0 Å². The zero-order chi connectivity index (χ0) is 7.40. The van der Waals surface area contributed by atoms with Gasteiger partial charge in [-0.05, 0) is 0 Å². The summed E-state index contributed by atoms with van der Waals surface area (Å²) in [4.78, 5) is 2.06. The van der Waals surface area contributed by atoms with E-state index < -0.39 is 0 Å². The molecule has 4 nitrogen and oxygen atoms in total. The van der Waals surface area contributed by atoms with Crippen molar-refractivity contribution in [1.29, 1.82) is 0 Å². The molecule has 0 aliphatic carbocycles. The summed E-state index contributed by atoms with van der Waals surface area (Å²) in [5.74, 6) is 0. The van der Waals surface area contributed by atoms with Gasteiger partial charge in [-0.1, -0.05) is 0 Å². The summed E-state index contributed by atoms with van der Waals surface area (Å²) in [7, 11) is 1.00. The van der Waals surface area contributed by atoms with E-state index in [0.717, 1.165) is 13.7 Å². The minimum Gasteiger partial charge on any atom is -0.479 e. The Labute approximate surface area is 59.6 Å². The molecule has 58 valence electrons.